The van der Waals surface area contributed by atoms with Crippen molar-refractivity contribution < 1.29 is 4.79 Å². The summed E-state index contributed by atoms with van der Waals surface area (Å²) < 4.78 is 0. The number of hydrogen-bond donors (Lipinski definition) is 1. The maximum absolute atomic E-state index is 11.8. The summed E-state index contributed by atoms with van der Waals surface area (Å²) in [6.45, 7) is 4.12. The second kappa shape index (κ2) is 7.14. The number of carbonyl (C=O) groups excluding carboxylic acids is 1. The fraction of sp³-hybridized carbons (Fsp3) is 0.400. The van der Waals surface area contributed by atoms with Crippen LogP contribution in [0.1, 0.15) is 43.2 Å². The molecule has 0 atom stereocenters. The Kier molecular flexibility index (Phi) is 5.24. The van der Waals surface area contributed by atoms with Gasteiger partial charge in [-0.2, -0.15) is 0 Å². The first kappa shape index (κ1) is 14.7. The standard InChI is InChI=1S/C15H19N3OS/c1-11(2)14-17-18-15(20-14)16-13(19)10-6-9-12-7-4-3-5-8-12/h3-5,7-8,11H,6,9-10H2,1-2H3,(H,16,18,19). The zero-order chi connectivity index (χ0) is 14.4. The molecule has 2 aromatic rings. The quantitative estimate of drug-likeness (QED) is 0.883. The van der Waals surface area contributed by atoms with E-state index in [1.165, 1.54) is 16.9 Å². The van der Waals surface area contributed by atoms with Crippen LogP contribution in [-0.2, 0) is 11.2 Å². The molecule has 0 aliphatic rings. The summed E-state index contributed by atoms with van der Waals surface area (Å²) in [6, 6.07) is 10.2. The molecular weight excluding hydrogens is 270 g/mol. The van der Waals surface area contributed by atoms with Gasteiger partial charge in [0.2, 0.25) is 11.0 Å². The van der Waals surface area contributed by atoms with Crippen LogP contribution in [0.15, 0.2) is 30.3 Å². The van der Waals surface area contributed by atoms with E-state index >= 15 is 0 Å². The Morgan fingerprint density at radius 2 is 2.00 bits per heavy atom. The molecule has 0 radical (unpaired) electrons. The molecule has 0 aliphatic carbocycles. The number of nitrogens with one attached hydrogen (secondary N) is 1. The Morgan fingerprint density at radius 1 is 1.25 bits per heavy atom. The Balaban J connectivity index is 1.75. The molecule has 0 bridgehead atoms. The van der Waals surface area contributed by atoms with Crippen molar-refractivity contribution in [1.82, 2.24) is 10.2 Å². The van der Waals surface area contributed by atoms with Crippen LogP contribution in [0.25, 0.3) is 0 Å². The summed E-state index contributed by atoms with van der Waals surface area (Å²) in [5, 5.41) is 12.4. The van der Waals surface area contributed by atoms with E-state index in [1.807, 2.05) is 18.2 Å². The molecule has 1 N–H and O–H groups in total. The van der Waals surface area contributed by atoms with Gasteiger partial charge in [0.1, 0.15) is 5.01 Å². The number of hydrogen-bond acceptors (Lipinski definition) is 4. The molecule has 1 amide bonds. The normalized spacial score (nSPS) is 10.8. The molecule has 1 heterocycles. The van der Waals surface area contributed by atoms with Crippen LogP contribution in [0.2, 0.25) is 0 Å². The Bertz CT molecular complexity index is 551. The fourth-order valence-electron chi connectivity index (χ4n) is 1.80. The third-order valence-corrected chi connectivity index (χ3v) is 4.03. The molecule has 0 spiro atoms. The molecule has 20 heavy (non-hydrogen) atoms. The molecule has 0 fully saturated rings. The van der Waals surface area contributed by atoms with E-state index in [9.17, 15) is 4.79 Å². The first-order valence-corrected chi connectivity index (χ1v) is 7.64. The first-order chi connectivity index (χ1) is 9.65. The summed E-state index contributed by atoms with van der Waals surface area (Å²) in [4.78, 5) is 11.8. The minimum Gasteiger partial charge on any atom is -0.301 e. The van der Waals surface area contributed by atoms with Gasteiger partial charge in [-0.15, -0.1) is 10.2 Å². The number of carbonyl (C=O) groups is 1. The number of benzene rings is 1. The van der Waals surface area contributed by atoms with Gasteiger partial charge in [-0.05, 0) is 18.4 Å². The van der Waals surface area contributed by atoms with Crippen molar-refractivity contribution in [2.24, 2.45) is 0 Å². The number of aromatic nitrogens is 2. The fourth-order valence-corrected chi connectivity index (χ4v) is 2.56. The third-order valence-electron chi connectivity index (χ3n) is 2.89. The van der Waals surface area contributed by atoms with Gasteiger partial charge in [-0.3, -0.25) is 4.79 Å². The zero-order valence-electron chi connectivity index (χ0n) is 11.8. The van der Waals surface area contributed by atoms with Gasteiger partial charge in [-0.25, -0.2) is 0 Å². The maximum atomic E-state index is 11.8. The van der Waals surface area contributed by atoms with E-state index in [-0.39, 0.29) is 5.91 Å². The molecule has 2 rings (SSSR count). The number of anilines is 1. The average molecular weight is 289 g/mol. The van der Waals surface area contributed by atoms with E-state index in [2.05, 4.69) is 41.5 Å². The zero-order valence-corrected chi connectivity index (χ0v) is 12.6. The monoisotopic (exact) mass is 289 g/mol. The highest BCUT2D eigenvalue weighted by atomic mass is 32.1. The lowest BCUT2D eigenvalue weighted by Gasteiger charge is -2.02. The average Bonchev–Trinajstić information content (AvgIpc) is 2.88. The van der Waals surface area contributed by atoms with Crippen molar-refractivity contribution in [3.8, 4) is 0 Å². The van der Waals surface area contributed by atoms with Gasteiger partial charge in [0.25, 0.3) is 0 Å². The lowest BCUT2D eigenvalue weighted by molar-refractivity contribution is -0.116. The number of rotatable bonds is 6. The van der Waals surface area contributed by atoms with E-state index in [1.54, 1.807) is 0 Å². The second-order valence-electron chi connectivity index (χ2n) is 4.99. The number of nitrogens with zero attached hydrogens (tertiary/aromatic N) is 2. The Labute approximate surface area is 123 Å². The van der Waals surface area contributed by atoms with Crippen LogP contribution in [0.5, 0.6) is 0 Å². The van der Waals surface area contributed by atoms with E-state index in [0.29, 0.717) is 17.5 Å². The molecular formula is C15H19N3OS. The smallest absolute Gasteiger partial charge is 0.226 e. The lowest BCUT2D eigenvalue weighted by Crippen LogP contribution is -2.11. The summed E-state index contributed by atoms with van der Waals surface area (Å²) in [5.41, 5.74) is 1.26. The van der Waals surface area contributed by atoms with Crippen molar-refractivity contribution in [2.45, 2.75) is 39.0 Å². The minimum atomic E-state index is 0.00684. The van der Waals surface area contributed by atoms with Crippen LogP contribution in [0.3, 0.4) is 0 Å². The molecule has 0 saturated heterocycles. The van der Waals surface area contributed by atoms with Crippen LogP contribution in [0, 0.1) is 0 Å². The SMILES string of the molecule is CC(C)c1nnc(NC(=O)CCCc2ccccc2)s1. The Hall–Kier alpha value is -1.75. The topological polar surface area (TPSA) is 54.9 Å². The van der Waals surface area contributed by atoms with Crippen molar-refractivity contribution in [3.05, 3.63) is 40.9 Å². The highest BCUT2D eigenvalue weighted by Crippen LogP contribution is 2.22. The van der Waals surface area contributed by atoms with Gasteiger partial charge >= 0.3 is 0 Å². The Morgan fingerprint density at radius 3 is 2.65 bits per heavy atom. The molecule has 0 aliphatic heterocycles. The van der Waals surface area contributed by atoms with Gasteiger partial charge in [0.15, 0.2) is 0 Å². The first-order valence-electron chi connectivity index (χ1n) is 6.82. The van der Waals surface area contributed by atoms with Gasteiger partial charge in [0, 0.05) is 12.3 Å². The van der Waals surface area contributed by atoms with Crippen molar-refractivity contribution in [1.29, 1.82) is 0 Å². The summed E-state index contributed by atoms with van der Waals surface area (Å²) >= 11 is 1.44. The number of aryl methyl sites for hydroxylation is 1. The maximum Gasteiger partial charge on any atom is 0.226 e. The third kappa shape index (κ3) is 4.42. The van der Waals surface area contributed by atoms with Gasteiger partial charge < -0.3 is 5.32 Å². The highest BCUT2D eigenvalue weighted by Gasteiger charge is 2.10. The van der Waals surface area contributed by atoms with Crippen molar-refractivity contribution >= 4 is 22.4 Å². The predicted octanol–water partition coefficient (Wildman–Crippen LogP) is 3.62. The molecule has 0 saturated carbocycles. The minimum absolute atomic E-state index is 0.00684. The number of amides is 1. The van der Waals surface area contributed by atoms with Gasteiger partial charge in [-0.1, -0.05) is 55.5 Å². The molecule has 106 valence electrons. The van der Waals surface area contributed by atoms with E-state index in [0.717, 1.165) is 17.8 Å². The van der Waals surface area contributed by atoms with Crippen LogP contribution in [0.4, 0.5) is 5.13 Å². The van der Waals surface area contributed by atoms with Crippen LogP contribution in [-0.4, -0.2) is 16.1 Å². The van der Waals surface area contributed by atoms with Gasteiger partial charge in [0.05, 0.1) is 0 Å². The van der Waals surface area contributed by atoms with Crippen LogP contribution >= 0.6 is 11.3 Å². The summed E-state index contributed by atoms with van der Waals surface area (Å²) in [5.74, 6) is 0.351. The van der Waals surface area contributed by atoms with E-state index in [4.69, 9.17) is 0 Å². The summed E-state index contributed by atoms with van der Waals surface area (Å²) in [7, 11) is 0. The molecule has 1 aromatic heterocycles. The molecule has 1 aromatic carbocycles. The van der Waals surface area contributed by atoms with E-state index < -0.39 is 0 Å². The molecule has 5 heteroatoms. The summed E-state index contributed by atoms with van der Waals surface area (Å²) in [6.07, 6.45) is 2.26. The predicted molar refractivity (Wildman–Crippen MR) is 82.0 cm³/mol. The molecule has 0 unspecified atom stereocenters. The second-order valence-corrected chi connectivity index (χ2v) is 6.00. The van der Waals surface area contributed by atoms with Crippen LogP contribution < -0.4 is 5.32 Å². The highest BCUT2D eigenvalue weighted by molar-refractivity contribution is 7.15. The van der Waals surface area contributed by atoms with Crippen molar-refractivity contribution in [3.63, 3.8) is 0 Å². The largest absolute Gasteiger partial charge is 0.301 e. The van der Waals surface area contributed by atoms with Crippen molar-refractivity contribution in [2.75, 3.05) is 5.32 Å². The molecule has 4 nitrogen and oxygen atoms in total. The lowest BCUT2D eigenvalue weighted by atomic mass is 10.1.